The molecule has 21 heavy (non-hydrogen) atoms. The molecule has 0 radical (unpaired) electrons. The van der Waals surface area contributed by atoms with Gasteiger partial charge in [-0.1, -0.05) is 0 Å². The molecule has 1 aromatic rings. The summed E-state index contributed by atoms with van der Waals surface area (Å²) in [6, 6.07) is 4.90. The van der Waals surface area contributed by atoms with Crippen LogP contribution >= 0.6 is 0 Å². The molecule has 0 aliphatic heterocycles. The van der Waals surface area contributed by atoms with Crippen LogP contribution in [0.3, 0.4) is 0 Å². The number of aryl methyl sites for hydroxylation is 1. The number of phenolic OH excluding ortho intramolecular Hbond substituents is 1. The summed E-state index contributed by atoms with van der Waals surface area (Å²) in [6.45, 7) is 5.59. The summed E-state index contributed by atoms with van der Waals surface area (Å²) in [5, 5.41) is 18.5. The number of aliphatic hydroxyl groups is 1. The maximum atomic E-state index is 12.1. The summed E-state index contributed by atoms with van der Waals surface area (Å²) < 4.78 is 5.35. The average Bonchev–Trinajstić information content (AvgIpc) is 2.36. The lowest BCUT2D eigenvalue weighted by molar-refractivity contribution is 0.0589. The Kier molecular flexibility index (Phi) is 6.03. The van der Waals surface area contributed by atoms with Crippen molar-refractivity contribution < 1.29 is 19.7 Å². The number of phenols is 1. The lowest BCUT2D eigenvalue weighted by Gasteiger charge is -2.26. The largest absolute Gasteiger partial charge is 0.508 e. The number of benzene rings is 1. The molecule has 118 valence electrons. The van der Waals surface area contributed by atoms with Crippen molar-refractivity contribution in [1.29, 1.82) is 0 Å². The number of hydrogen-bond acceptors (Lipinski definition) is 4. The van der Waals surface area contributed by atoms with E-state index >= 15 is 0 Å². The Bertz CT molecular complexity index is 480. The summed E-state index contributed by atoms with van der Waals surface area (Å²) in [5.74, 6) is 0.162. The number of unbranched alkanes of at least 4 members (excludes halogenated alkanes) is 1. The number of aromatic hydroxyl groups is 1. The number of amides is 1. The van der Waals surface area contributed by atoms with Crippen molar-refractivity contribution in [2.45, 2.75) is 45.6 Å². The first-order valence-electron chi connectivity index (χ1n) is 7.14. The molecule has 0 bridgehead atoms. The summed E-state index contributed by atoms with van der Waals surface area (Å²) in [4.78, 5) is 13.6. The average molecular weight is 295 g/mol. The highest BCUT2D eigenvalue weighted by Crippen LogP contribution is 2.27. The molecular formula is C16H25NO4. The zero-order valence-electron chi connectivity index (χ0n) is 13.2. The first-order valence-corrected chi connectivity index (χ1v) is 7.14. The van der Waals surface area contributed by atoms with Gasteiger partial charge in [0.15, 0.2) is 0 Å². The first kappa shape index (κ1) is 17.3. The summed E-state index contributed by atoms with van der Waals surface area (Å²) in [6.07, 6.45) is 1.72. The number of nitrogens with zero attached hydrogens (tertiary/aromatic N) is 1. The fraction of sp³-hybridized carbons (Fsp3) is 0.562. The van der Waals surface area contributed by atoms with E-state index in [9.17, 15) is 9.90 Å². The molecule has 1 aromatic carbocycles. The number of carbonyl (C=O) groups excluding carboxylic acids is 1. The number of anilines is 1. The summed E-state index contributed by atoms with van der Waals surface area (Å²) >= 11 is 0. The van der Waals surface area contributed by atoms with E-state index in [2.05, 4.69) is 0 Å². The summed E-state index contributed by atoms with van der Waals surface area (Å²) in [7, 11) is 1.65. The van der Waals surface area contributed by atoms with Crippen LogP contribution in [0.1, 0.15) is 39.2 Å². The maximum Gasteiger partial charge on any atom is 0.414 e. The third-order valence-corrected chi connectivity index (χ3v) is 2.95. The van der Waals surface area contributed by atoms with E-state index in [0.29, 0.717) is 18.5 Å². The van der Waals surface area contributed by atoms with E-state index in [4.69, 9.17) is 9.84 Å². The predicted molar refractivity (Wildman–Crippen MR) is 82.8 cm³/mol. The molecule has 0 atom stereocenters. The molecule has 0 aliphatic carbocycles. The van der Waals surface area contributed by atoms with Crippen LogP contribution < -0.4 is 4.90 Å². The third kappa shape index (κ3) is 5.63. The van der Waals surface area contributed by atoms with Gasteiger partial charge >= 0.3 is 6.09 Å². The Morgan fingerprint density at radius 1 is 1.29 bits per heavy atom. The first-order chi connectivity index (χ1) is 9.74. The molecule has 5 nitrogen and oxygen atoms in total. The van der Waals surface area contributed by atoms with E-state index in [1.54, 1.807) is 25.2 Å². The normalized spacial score (nSPS) is 11.3. The smallest absolute Gasteiger partial charge is 0.414 e. The quantitative estimate of drug-likeness (QED) is 0.819. The van der Waals surface area contributed by atoms with Gasteiger partial charge in [0.05, 0.1) is 5.69 Å². The van der Waals surface area contributed by atoms with Crippen LogP contribution in [-0.2, 0) is 11.2 Å². The van der Waals surface area contributed by atoms with Crippen LogP contribution in [-0.4, -0.2) is 35.6 Å². The Hall–Kier alpha value is -1.75. The minimum atomic E-state index is -0.556. The van der Waals surface area contributed by atoms with Crippen LogP contribution in [0.25, 0.3) is 0 Å². The molecule has 0 heterocycles. The minimum absolute atomic E-state index is 0.135. The van der Waals surface area contributed by atoms with Crippen molar-refractivity contribution in [3.63, 3.8) is 0 Å². The lowest BCUT2D eigenvalue weighted by atomic mass is 10.1. The monoisotopic (exact) mass is 295 g/mol. The molecule has 0 fully saturated rings. The molecule has 0 saturated carbocycles. The van der Waals surface area contributed by atoms with E-state index in [1.165, 1.54) is 4.90 Å². The Balaban J connectivity index is 2.91. The maximum absolute atomic E-state index is 12.1. The van der Waals surface area contributed by atoms with Gasteiger partial charge in [-0.3, -0.25) is 4.90 Å². The molecule has 0 aromatic heterocycles. The molecule has 1 rings (SSSR count). The van der Waals surface area contributed by atoms with Gasteiger partial charge in [-0.15, -0.1) is 0 Å². The van der Waals surface area contributed by atoms with Crippen LogP contribution in [0.4, 0.5) is 10.5 Å². The Morgan fingerprint density at radius 2 is 1.95 bits per heavy atom. The topological polar surface area (TPSA) is 70.0 Å². The fourth-order valence-corrected chi connectivity index (χ4v) is 1.96. The molecule has 0 spiro atoms. The number of carbonyl (C=O) groups is 1. The summed E-state index contributed by atoms with van der Waals surface area (Å²) in [5.41, 5.74) is 1.01. The highest BCUT2D eigenvalue weighted by molar-refractivity contribution is 5.88. The molecule has 5 heteroatoms. The lowest BCUT2D eigenvalue weighted by Crippen LogP contribution is -2.34. The highest BCUT2D eigenvalue weighted by Gasteiger charge is 2.22. The van der Waals surface area contributed by atoms with Crippen molar-refractivity contribution in [2.24, 2.45) is 0 Å². The Labute approximate surface area is 126 Å². The second-order valence-electron chi connectivity index (χ2n) is 6.03. The Morgan fingerprint density at radius 3 is 2.52 bits per heavy atom. The second kappa shape index (κ2) is 7.31. The van der Waals surface area contributed by atoms with Gasteiger partial charge in [0.1, 0.15) is 11.4 Å². The van der Waals surface area contributed by atoms with Crippen LogP contribution in [0.2, 0.25) is 0 Å². The molecule has 2 N–H and O–H groups in total. The van der Waals surface area contributed by atoms with Crippen LogP contribution in [0.15, 0.2) is 18.2 Å². The van der Waals surface area contributed by atoms with Gasteiger partial charge < -0.3 is 14.9 Å². The SMILES string of the molecule is CN(C(=O)OC(C)(C)C)c1ccc(O)cc1CCCCO. The molecule has 1 amide bonds. The number of aliphatic hydroxyl groups excluding tert-OH is 1. The van der Waals surface area contributed by atoms with Crippen molar-refractivity contribution in [2.75, 3.05) is 18.6 Å². The van der Waals surface area contributed by atoms with E-state index in [-0.39, 0.29) is 12.4 Å². The van der Waals surface area contributed by atoms with Crippen molar-refractivity contribution >= 4 is 11.8 Å². The van der Waals surface area contributed by atoms with Gasteiger partial charge in [-0.2, -0.15) is 0 Å². The molecular weight excluding hydrogens is 270 g/mol. The van der Waals surface area contributed by atoms with Crippen molar-refractivity contribution in [3.05, 3.63) is 23.8 Å². The van der Waals surface area contributed by atoms with E-state index < -0.39 is 11.7 Å². The number of ether oxygens (including phenoxy) is 1. The van der Waals surface area contributed by atoms with Gasteiger partial charge in [0.2, 0.25) is 0 Å². The number of rotatable bonds is 5. The fourth-order valence-electron chi connectivity index (χ4n) is 1.96. The molecule has 0 saturated heterocycles. The van der Waals surface area contributed by atoms with Crippen LogP contribution in [0, 0.1) is 0 Å². The van der Waals surface area contributed by atoms with Crippen molar-refractivity contribution in [1.82, 2.24) is 0 Å². The second-order valence-corrected chi connectivity index (χ2v) is 6.03. The zero-order valence-corrected chi connectivity index (χ0v) is 13.2. The predicted octanol–water partition coefficient (Wildman–Crippen LogP) is 3.08. The minimum Gasteiger partial charge on any atom is -0.508 e. The van der Waals surface area contributed by atoms with Crippen LogP contribution in [0.5, 0.6) is 5.75 Å². The van der Waals surface area contributed by atoms with Gasteiger partial charge in [0.25, 0.3) is 0 Å². The van der Waals surface area contributed by atoms with Gasteiger partial charge in [0, 0.05) is 13.7 Å². The zero-order chi connectivity index (χ0) is 16.0. The standard InChI is InChI=1S/C16H25NO4/c1-16(2,3)21-15(20)17(4)14-9-8-13(19)11-12(14)7-5-6-10-18/h8-9,11,18-19H,5-7,10H2,1-4H3. The highest BCUT2D eigenvalue weighted by atomic mass is 16.6. The van der Waals surface area contributed by atoms with Gasteiger partial charge in [-0.25, -0.2) is 4.79 Å². The van der Waals surface area contributed by atoms with E-state index in [0.717, 1.165) is 12.0 Å². The van der Waals surface area contributed by atoms with E-state index in [1.807, 2.05) is 20.8 Å². The third-order valence-electron chi connectivity index (χ3n) is 2.95. The van der Waals surface area contributed by atoms with Gasteiger partial charge in [-0.05, 0) is 63.8 Å². The number of hydrogen-bond donors (Lipinski definition) is 2. The van der Waals surface area contributed by atoms with Crippen molar-refractivity contribution in [3.8, 4) is 5.75 Å². The molecule has 0 unspecified atom stereocenters. The molecule has 0 aliphatic rings.